The molecule has 0 N–H and O–H groups in total. The Balaban J connectivity index is 2.65. The molecule has 0 saturated heterocycles. The van der Waals surface area contributed by atoms with Gasteiger partial charge in [-0.1, -0.05) is 13.0 Å². The van der Waals surface area contributed by atoms with Crippen LogP contribution in [-0.2, 0) is 9.53 Å². The van der Waals surface area contributed by atoms with Crippen LogP contribution in [0.1, 0.15) is 23.8 Å². The van der Waals surface area contributed by atoms with Gasteiger partial charge in [-0.2, -0.15) is 0 Å². The van der Waals surface area contributed by atoms with E-state index < -0.39 is 11.9 Å². The Hall–Kier alpha value is -1.71. The average molecular weight is 179 g/mol. The van der Waals surface area contributed by atoms with Gasteiger partial charge < -0.3 is 4.74 Å². The second kappa shape index (κ2) is 4.35. The van der Waals surface area contributed by atoms with Crippen LogP contribution >= 0.6 is 0 Å². The molecule has 1 aromatic heterocycles. The monoisotopic (exact) mass is 179 g/mol. The maximum absolute atomic E-state index is 11.1. The largest absolute Gasteiger partial charge is 0.388 e. The van der Waals surface area contributed by atoms with Crippen molar-refractivity contribution in [1.82, 2.24) is 4.98 Å². The highest BCUT2D eigenvalue weighted by molar-refractivity contribution is 5.95. The molecule has 1 aromatic rings. The third-order valence-electron chi connectivity index (χ3n) is 1.37. The molecule has 0 bridgehead atoms. The van der Waals surface area contributed by atoms with Gasteiger partial charge in [0.2, 0.25) is 0 Å². The molecule has 1 heterocycles. The summed E-state index contributed by atoms with van der Waals surface area (Å²) in [5.41, 5.74) is 0.143. The van der Waals surface area contributed by atoms with E-state index in [1.165, 1.54) is 12.3 Å². The Morgan fingerprint density at radius 2 is 2.23 bits per heavy atom. The van der Waals surface area contributed by atoms with Crippen molar-refractivity contribution in [2.75, 3.05) is 0 Å². The first-order valence-corrected chi connectivity index (χ1v) is 3.90. The summed E-state index contributed by atoms with van der Waals surface area (Å²) in [6.07, 6.45) is 1.64. The van der Waals surface area contributed by atoms with Crippen LogP contribution in [0.5, 0.6) is 0 Å². The minimum absolute atomic E-state index is 0.143. The number of carbonyl (C=O) groups excluding carboxylic acids is 2. The average Bonchev–Trinajstić information content (AvgIpc) is 2.19. The summed E-state index contributed by atoms with van der Waals surface area (Å²) >= 11 is 0. The first-order valence-electron chi connectivity index (χ1n) is 3.90. The van der Waals surface area contributed by atoms with Gasteiger partial charge in [0.25, 0.3) is 0 Å². The van der Waals surface area contributed by atoms with E-state index in [2.05, 4.69) is 9.72 Å². The van der Waals surface area contributed by atoms with Crippen LogP contribution in [0.2, 0.25) is 0 Å². The Bertz CT molecular complexity index is 308. The molecule has 0 saturated carbocycles. The number of ether oxygens (including phenoxy) is 1. The molecule has 0 aliphatic carbocycles. The Labute approximate surface area is 75.5 Å². The van der Waals surface area contributed by atoms with Crippen molar-refractivity contribution in [2.45, 2.75) is 13.3 Å². The Morgan fingerprint density at radius 1 is 1.46 bits per heavy atom. The van der Waals surface area contributed by atoms with Gasteiger partial charge in [0.05, 0.1) is 0 Å². The summed E-state index contributed by atoms with van der Waals surface area (Å²) in [6.45, 7) is 1.62. The molecular formula is C9H9NO3. The fourth-order valence-electron chi connectivity index (χ4n) is 0.711. The van der Waals surface area contributed by atoms with Gasteiger partial charge in [-0.05, 0) is 12.1 Å². The lowest BCUT2D eigenvalue weighted by molar-refractivity contribution is -0.137. The Kier molecular flexibility index (Phi) is 3.14. The summed E-state index contributed by atoms with van der Waals surface area (Å²) in [6, 6.07) is 4.82. The van der Waals surface area contributed by atoms with Crippen molar-refractivity contribution in [2.24, 2.45) is 0 Å². The van der Waals surface area contributed by atoms with Gasteiger partial charge in [-0.3, -0.25) is 4.79 Å². The lowest BCUT2D eigenvalue weighted by Gasteiger charge is -1.98. The lowest BCUT2D eigenvalue weighted by atomic mass is 10.3. The van der Waals surface area contributed by atoms with Crippen molar-refractivity contribution in [1.29, 1.82) is 0 Å². The third kappa shape index (κ3) is 2.66. The zero-order chi connectivity index (χ0) is 9.68. The molecule has 0 amide bonds. The number of pyridine rings is 1. The minimum atomic E-state index is -0.701. The molecular weight excluding hydrogens is 170 g/mol. The summed E-state index contributed by atoms with van der Waals surface area (Å²) in [5.74, 6) is -1.25. The quantitative estimate of drug-likeness (QED) is 0.505. The molecule has 4 nitrogen and oxygen atoms in total. The maximum Gasteiger partial charge on any atom is 0.364 e. The van der Waals surface area contributed by atoms with Gasteiger partial charge in [-0.25, -0.2) is 9.78 Å². The minimum Gasteiger partial charge on any atom is -0.388 e. The van der Waals surface area contributed by atoms with E-state index in [9.17, 15) is 9.59 Å². The number of hydrogen-bond acceptors (Lipinski definition) is 4. The van der Waals surface area contributed by atoms with Crippen molar-refractivity contribution in [3.63, 3.8) is 0 Å². The number of aromatic nitrogens is 1. The summed E-state index contributed by atoms with van der Waals surface area (Å²) in [4.78, 5) is 25.6. The van der Waals surface area contributed by atoms with Crippen LogP contribution in [0.25, 0.3) is 0 Å². The molecule has 1 rings (SSSR count). The molecule has 0 spiro atoms. The Morgan fingerprint density at radius 3 is 2.77 bits per heavy atom. The summed E-state index contributed by atoms with van der Waals surface area (Å²) in [7, 11) is 0. The van der Waals surface area contributed by atoms with Crippen molar-refractivity contribution in [3.05, 3.63) is 30.1 Å². The smallest absolute Gasteiger partial charge is 0.364 e. The second-order valence-electron chi connectivity index (χ2n) is 2.33. The fourth-order valence-corrected chi connectivity index (χ4v) is 0.711. The zero-order valence-electron chi connectivity index (χ0n) is 7.19. The van der Waals surface area contributed by atoms with Crippen LogP contribution in [0, 0.1) is 0 Å². The van der Waals surface area contributed by atoms with E-state index in [4.69, 9.17) is 0 Å². The summed E-state index contributed by atoms with van der Waals surface area (Å²) < 4.78 is 4.45. The first kappa shape index (κ1) is 9.38. The molecule has 0 aliphatic heterocycles. The number of hydrogen-bond donors (Lipinski definition) is 0. The van der Waals surface area contributed by atoms with Gasteiger partial charge >= 0.3 is 11.9 Å². The molecule has 68 valence electrons. The van der Waals surface area contributed by atoms with Crippen LogP contribution in [0.4, 0.5) is 0 Å². The predicted molar refractivity (Wildman–Crippen MR) is 45.0 cm³/mol. The molecule has 0 atom stereocenters. The normalized spacial score (nSPS) is 9.31. The first-order chi connectivity index (χ1) is 6.24. The molecule has 0 radical (unpaired) electrons. The molecule has 13 heavy (non-hydrogen) atoms. The van der Waals surface area contributed by atoms with Gasteiger partial charge in [-0.15, -0.1) is 0 Å². The lowest BCUT2D eigenvalue weighted by Crippen LogP contribution is -2.12. The zero-order valence-corrected chi connectivity index (χ0v) is 7.19. The van der Waals surface area contributed by atoms with Crippen molar-refractivity contribution < 1.29 is 14.3 Å². The maximum atomic E-state index is 11.1. The van der Waals surface area contributed by atoms with Gasteiger partial charge in [0.1, 0.15) is 5.69 Å². The number of esters is 2. The number of rotatable bonds is 2. The van der Waals surface area contributed by atoms with E-state index in [1.54, 1.807) is 19.1 Å². The molecule has 0 aromatic carbocycles. The van der Waals surface area contributed by atoms with Crippen molar-refractivity contribution >= 4 is 11.9 Å². The number of carbonyl (C=O) groups is 2. The molecule has 4 heteroatoms. The number of nitrogens with zero attached hydrogens (tertiary/aromatic N) is 1. The topological polar surface area (TPSA) is 56.3 Å². The standard InChI is InChI=1S/C9H9NO3/c1-2-8(11)13-9(12)7-5-3-4-6-10-7/h3-6H,2H2,1H3. The second-order valence-corrected chi connectivity index (χ2v) is 2.33. The van der Waals surface area contributed by atoms with Crippen LogP contribution in [0.3, 0.4) is 0 Å². The van der Waals surface area contributed by atoms with Crippen molar-refractivity contribution in [3.8, 4) is 0 Å². The SMILES string of the molecule is CCC(=O)OC(=O)c1ccccn1. The molecule has 0 aliphatic rings. The van der Waals surface area contributed by atoms with Crippen LogP contribution < -0.4 is 0 Å². The van der Waals surface area contributed by atoms with Crippen LogP contribution in [0.15, 0.2) is 24.4 Å². The van der Waals surface area contributed by atoms with E-state index in [-0.39, 0.29) is 12.1 Å². The van der Waals surface area contributed by atoms with Gasteiger partial charge in [0, 0.05) is 12.6 Å². The van der Waals surface area contributed by atoms with Gasteiger partial charge in [0.15, 0.2) is 0 Å². The van der Waals surface area contributed by atoms with E-state index in [1.807, 2.05) is 0 Å². The fraction of sp³-hybridized carbons (Fsp3) is 0.222. The van der Waals surface area contributed by atoms with E-state index in [0.717, 1.165) is 0 Å². The van der Waals surface area contributed by atoms with E-state index >= 15 is 0 Å². The predicted octanol–water partition coefficient (Wildman–Crippen LogP) is 1.18. The summed E-state index contributed by atoms with van der Waals surface area (Å²) in [5, 5.41) is 0. The van der Waals surface area contributed by atoms with E-state index in [0.29, 0.717) is 0 Å². The molecule has 0 unspecified atom stereocenters. The highest BCUT2D eigenvalue weighted by Crippen LogP contribution is 1.97. The molecule has 0 fully saturated rings. The third-order valence-corrected chi connectivity index (χ3v) is 1.37. The van der Waals surface area contributed by atoms with Crippen LogP contribution in [-0.4, -0.2) is 16.9 Å². The highest BCUT2D eigenvalue weighted by atomic mass is 16.6. The highest BCUT2D eigenvalue weighted by Gasteiger charge is 2.11.